The second-order valence-electron chi connectivity index (χ2n) is 5.89. The first kappa shape index (κ1) is 19.1. The molecule has 1 unspecified atom stereocenters. The Balaban J connectivity index is 1.78. The van der Waals surface area contributed by atoms with Gasteiger partial charge in [0.15, 0.2) is 0 Å². The molecule has 0 saturated carbocycles. The van der Waals surface area contributed by atoms with Crippen LogP contribution in [-0.4, -0.2) is 32.2 Å². The molecule has 4 nitrogen and oxygen atoms in total. The zero-order valence-corrected chi connectivity index (χ0v) is 16.0. The number of rotatable bonds is 6. The van der Waals surface area contributed by atoms with E-state index in [1.165, 1.54) is 4.90 Å². The van der Waals surface area contributed by atoms with Crippen molar-refractivity contribution in [3.63, 3.8) is 0 Å². The van der Waals surface area contributed by atoms with Gasteiger partial charge in [0.2, 0.25) is 0 Å². The molecule has 2 aromatic carbocycles. The summed E-state index contributed by atoms with van der Waals surface area (Å²) < 4.78 is 0.266. The summed E-state index contributed by atoms with van der Waals surface area (Å²) in [4.78, 5) is 26.2. The number of benzene rings is 2. The van der Waals surface area contributed by atoms with E-state index in [0.717, 1.165) is 22.9 Å². The van der Waals surface area contributed by atoms with E-state index in [0.29, 0.717) is 4.91 Å². The number of carbonyl (C=O) groups is 2. The molecule has 0 bridgehead atoms. The van der Waals surface area contributed by atoms with Crippen molar-refractivity contribution in [1.29, 1.82) is 0 Å². The summed E-state index contributed by atoms with van der Waals surface area (Å²) in [5.41, 5.74) is 1.85. The molecule has 1 N–H and O–H groups in total. The van der Waals surface area contributed by atoms with Crippen LogP contribution in [0.15, 0.2) is 77.7 Å². The van der Waals surface area contributed by atoms with Crippen LogP contribution in [0.2, 0.25) is 0 Å². The van der Waals surface area contributed by atoms with Crippen LogP contribution in [0.4, 0.5) is 0 Å². The van der Waals surface area contributed by atoms with Crippen LogP contribution in [0.1, 0.15) is 11.1 Å². The van der Waals surface area contributed by atoms with Gasteiger partial charge in [0.25, 0.3) is 5.91 Å². The van der Waals surface area contributed by atoms with Crippen LogP contribution in [0.25, 0.3) is 6.08 Å². The van der Waals surface area contributed by atoms with Gasteiger partial charge in [-0.05, 0) is 17.2 Å². The van der Waals surface area contributed by atoms with Crippen molar-refractivity contribution in [3.05, 3.63) is 88.8 Å². The third-order valence-electron chi connectivity index (χ3n) is 4.03. The molecule has 0 aliphatic carbocycles. The number of allylic oxidation sites excluding steroid dienone is 2. The average molecular weight is 396 g/mol. The molecule has 2 aromatic rings. The largest absolute Gasteiger partial charge is 0.480 e. The second-order valence-corrected chi connectivity index (χ2v) is 7.56. The van der Waals surface area contributed by atoms with Gasteiger partial charge in [-0.15, -0.1) is 0 Å². The van der Waals surface area contributed by atoms with Crippen molar-refractivity contribution < 1.29 is 14.7 Å². The molecule has 3 rings (SSSR count). The summed E-state index contributed by atoms with van der Waals surface area (Å²) in [7, 11) is 0. The number of aliphatic carboxylic acids is 1. The van der Waals surface area contributed by atoms with Gasteiger partial charge in [-0.2, -0.15) is 0 Å². The Morgan fingerprint density at radius 3 is 2.37 bits per heavy atom. The van der Waals surface area contributed by atoms with Gasteiger partial charge >= 0.3 is 5.97 Å². The number of amides is 1. The van der Waals surface area contributed by atoms with E-state index in [1.54, 1.807) is 12.2 Å². The number of carboxylic acids is 1. The van der Waals surface area contributed by atoms with E-state index in [9.17, 15) is 14.7 Å². The molecular weight excluding hydrogens is 378 g/mol. The van der Waals surface area contributed by atoms with Gasteiger partial charge in [-0.3, -0.25) is 9.69 Å². The third-order valence-corrected chi connectivity index (χ3v) is 5.38. The van der Waals surface area contributed by atoms with Gasteiger partial charge in [0, 0.05) is 6.42 Å². The van der Waals surface area contributed by atoms with E-state index in [2.05, 4.69) is 0 Å². The van der Waals surface area contributed by atoms with Gasteiger partial charge in [-0.1, -0.05) is 96.8 Å². The van der Waals surface area contributed by atoms with Crippen LogP contribution in [0.5, 0.6) is 0 Å². The molecule has 1 saturated heterocycles. The first-order chi connectivity index (χ1) is 13.1. The van der Waals surface area contributed by atoms with Crippen molar-refractivity contribution in [2.75, 3.05) is 0 Å². The van der Waals surface area contributed by atoms with E-state index >= 15 is 0 Å². The Labute approximate surface area is 167 Å². The van der Waals surface area contributed by atoms with E-state index < -0.39 is 12.0 Å². The minimum absolute atomic E-state index is 0.204. The minimum atomic E-state index is -1.07. The number of hydrogen-bond acceptors (Lipinski definition) is 4. The Bertz CT molecular complexity index is 908. The number of carboxylic acid groups (broad SMARTS) is 1. The van der Waals surface area contributed by atoms with Crippen molar-refractivity contribution in [2.45, 2.75) is 12.5 Å². The number of thioether (sulfide) groups is 1. The molecule has 1 fully saturated rings. The van der Waals surface area contributed by atoms with Gasteiger partial charge < -0.3 is 5.11 Å². The highest BCUT2D eigenvalue weighted by Crippen LogP contribution is 2.33. The molecule has 0 spiro atoms. The quantitative estimate of drug-likeness (QED) is 0.588. The fourth-order valence-electron chi connectivity index (χ4n) is 2.70. The van der Waals surface area contributed by atoms with Gasteiger partial charge in [0.1, 0.15) is 10.4 Å². The molecule has 1 atom stereocenters. The monoisotopic (exact) mass is 395 g/mol. The third kappa shape index (κ3) is 4.72. The highest BCUT2D eigenvalue weighted by Gasteiger charge is 2.40. The highest BCUT2D eigenvalue weighted by atomic mass is 32.2. The van der Waals surface area contributed by atoms with E-state index in [-0.39, 0.29) is 16.6 Å². The summed E-state index contributed by atoms with van der Waals surface area (Å²) in [5.74, 6) is -1.44. The summed E-state index contributed by atoms with van der Waals surface area (Å²) in [5, 5.41) is 9.65. The SMILES string of the molecule is O=C(O)C(Cc1ccccc1)N1C(=O)/C(=C\C=C\c2ccccc2)SC1=S. The predicted octanol–water partition coefficient (Wildman–Crippen LogP) is 4.14. The lowest BCUT2D eigenvalue weighted by Crippen LogP contribution is -2.45. The maximum Gasteiger partial charge on any atom is 0.327 e. The van der Waals surface area contributed by atoms with Gasteiger partial charge in [0.05, 0.1) is 4.91 Å². The first-order valence-electron chi connectivity index (χ1n) is 8.32. The fourth-order valence-corrected chi connectivity index (χ4v) is 4.01. The fraction of sp³-hybridized carbons (Fsp3) is 0.0952. The van der Waals surface area contributed by atoms with Crippen LogP contribution in [0.3, 0.4) is 0 Å². The van der Waals surface area contributed by atoms with Crippen LogP contribution in [-0.2, 0) is 16.0 Å². The van der Waals surface area contributed by atoms with Crippen molar-refractivity contribution >= 4 is 46.3 Å². The van der Waals surface area contributed by atoms with E-state index in [4.69, 9.17) is 12.2 Å². The summed E-state index contributed by atoms with van der Waals surface area (Å²) in [6, 6.07) is 17.9. The lowest BCUT2D eigenvalue weighted by Gasteiger charge is -2.23. The topological polar surface area (TPSA) is 57.6 Å². The second kappa shape index (κ2) is 8.79. The lowest BCUT2D eigenvalue weighted by molar-refractivity contribution is -0.145. The van der Waals surface area contributed by atoms with Gasteiger partial charge in [-0.25, -0.2) is 4.79 Å². The predicted molar refractivity (Wildman–Crippen MR) is 112 cm³/mol. The standard InChI is InChI=1S/C21H17NO3S2/c23-19-18(13-7-12-15-8-3-1-4-9-15)27-21(26)22(19)17(20(24)25)14-16-10-5-2-6-11-16/h1-13,17H,14H2,(H,24,25)/b12-7+,18-13+. The van der Waals surface area contributed by atoms with Crippen LogP contribution >= 0.6 is 24.0 Å². The molecule has 6 heteroatoms. The maximum atomic E-state index is 12.7. The number of nitrogens with zero attached hydrogens (tertiary/aromatic N) is 1. The molecule has 0 radical (unpaired) electrons. The lowest BCUT2D eigenvalue weighted by atomic mass is 10.0. The zero-order valence-electron chi connectivity index (χ0n) is 14.3. The maximum absolute atomic E-state index is 12.7. The Morgan fingerprint density at radius 1 is 1.11 bits per heavy atom. The summed E-state index contributed by atoms with van der Waals surface area (Å²) in [6.45, 7) is 0. The van der Waals surface area contributed by atoms with Crippen molar-refractivity contribution in [1.82, 2.24) is 4.90 Å². The number of thiocarbonyl (C=S) groups is 1. The van der Waals surface area contributed by atoms with Crippen LogP contribution < -0.4 is 0 Å². The first-order valence-corrected chi connectivity index (χ1v) is 9.54. The summed E-state index contributed by atoms with van der Waals surface area (Å²) >= 11 is 6.42. The Kier molecular flexibility index (Phi) is 6.21. The smallest absolute Gasteiger partial charge is 0.327 e. The van der Waals surface area contributed by atoms with Crippen molar-refractivity contribution in [2.24, 2.45) is 0 Å². The molecule has 1 aliphatic heterocycles. The van der Waals surface area contributed by atoms with Crippen LogP contribution in [0, 0.1) is 0 Å². The number of hydrogen-bond donors (Lipinski definition) is 1. The molecule has 1 aliphatic rings. The van der Waals surface area contributed by atoms with E-state index in [1.807, 2.05) is 66.7 Å². The molecule has 136 valence electrons. The zero-order chi connectivity index (χ0) is 19.2. The Morgan fingerprint density at radius 2 is 1.74 bits per heavy atom. The normalized spacial score (nSPS) is 17.0. The Hall–Kier alpha value is -2.70. The molecule has 0 aromatic heterocycles. The molecule has 1 amide bonds. The molecular formula is C21H17NO3S2. The summed E-state index contributed by atoms with van der Waals surface area (Å²) in [6.07, 6.45) is 5.53. The highest BCUT2D eigenvalue weighted by molar-refractivity contribution is 8.26. The number of carbonyl (C=O) groups excluding carboxylic acids is 1. The average Bonchev–Trinajstić information content (AvgIpc) is 2.95. The molecule has 1 heterocycles. The van der Waals surface area contributed by atoms with Crippen molar-refractivity contribution in [3.8, 4) is 0 Å². The minimum Gasteiger partial charge on any atom is -0.480 e. The molecule has 27 heavy (non-hydrogen) atoms.